The van der Waals surface area contributed by atoms with Gasteiger partial charge in [-0.3, -0.25) is 10.2 Å². The summed E-state index contributed by atoms with van der Waals surface area (Å²) >= 11 is 3.52. The molecule has 2 aromatic heterocycles. The van der Waals surface area contributed by atoms with E-state index in [1.165, 1.54) is 0 Å². The van der Waals surface area contributed by atoms with Crippen LogP contribution in [0.5, 0.6) is 0 Å². The minimum Gasteiger partial charge on any atom is -0.382 e. The van der Waals surface area contributed by atoms with Gasteiger partial charge < -0.3 is 5.73 Å². The van der Waals surface area contributed by atoms with Gasteiger partial charge in [0, 0.05) is 27.2 Å². The van der Waals surface area contributed by atoms with E-state index in [2.05, 4.69) is 56.2 Å². The van der Waals surface area contributed by atoms with Crippen LogP contribution in [0.25, 0.3) is 22.0 Å². The van der Waals surface area contributed by atoms with Gasteiger partial charge >= 0.3 is 0 Å². The van der Waals surface area contributed by atoms with Crippen LogP contribution in [0.2, 0.25) is 0 Å². The lowest BCUT2D eigenvalue weighted by Crippen LogP contribution is -1.92. The molecule has 98 valence electrons. The van der Waals surface area contributed by atoms with Gasteiger partial charge in [-0.1, -0.05) is 29.8 Å². The number of nitrogens with one attached hydrogen (secondary N) is 2. The number of aromatic amines is 2. The highest BCUT2D eigenvalue weighted by Gasteiger charge is 2.16. The Balaban J connectivity index is 2.33. The number of halogens is 1. The Morgan fingerprint density at radius 2 is 2.00 bits per heavy atom. The Labute approximate surface area is 118 Å². The first kappa shape index (κ1) is 12.2. The van der Waals surface area contributed by atoms with Crippen molar-refractivity contribution in [1.82, 2.24) is 20.4 Å². The molecular weight excluding hydrogens is 306 g/mol. The molecule has 0 fully saturated rings. The first-order chi connectivity index (χ1) is 9.08. The molecule has 0 amide bonds. The summed E-state index contributed by atoms with van der Waals surface area (Å²) in [6, 6.07) is 4.02. The quantitative estimate of drug-likeness (QED) is 0.676. The maximum atomic E-state index is 5.88. The molecule has 0 radical (unpaired) electrons. The fraction of sp³-hybridized carbons (Fsp3) is 0.231. The molecule has 0 aliphatic carbocycles. The molecule has 4 N–H and O–H groups in total. The van der Waals surface area contributed by atoms with Crippen LogP contribution in [-0.2, 0) is 0 Å². The fourth-order valence-electron chi connectivity index (χ4n) is 2.27. The molecule has 2 heterocycles. The third-order valence-electron chi connectivity index (χ3n) is 3.17. The number of fused-ring (bicyclic) bond motifs is 1. The van der Waals surface area contributed by atoms with Crippen LogP contribution >= 0.6 is 15.9 Å². The highest BCUT2D eigenvalue weighted by molar-refractivity contribution is 9.10. The number of H-pyrrole nitrogens is 2. The Morgan fingerprint density at radius 1 is 1.21 bits per heavy atom. The molecule has 1 aromatic carbocycles. The highest BCUT2D eigenvalue weighted by atomic mass is 79.9. The van der Waals surface area contributed by atoms with Crippen LogP contribution in [0, 0.1) is 0 Å². The van der Waals surface area contributed by atoms with Crippen molar-refractivity contribution in [3.63, 3.8) is 0 Å². The van der Waals surface area contributed by atoms with Crippen molar-refractivity contribution in [2.45, 2.75) is 19.8 Å². The third kappa shape index (κ3) is 1.92. The molecule has 0 unspecified atom stereocenters. The van der Waals surface area contributed by atoms with Gasteiger partial charge in [-0.05, 0) is 18.1 Å². The van der Waals surface area contributed by atoms with Crippen LogP contribution in [0.15, 0.2) is 22.8 Å². The number of nitrogens with two attached hydrogens (primary N) is 1. The summed E-state index contributed by atoms with van der Waals surface area (Å²) in [5, 5.41) is 15.3. The summed E-state index contributed by atoms with van der Waals surface area (Å²) in [7, 11) is 0. The van der Waals surface area contributed by atoms with E-state index >= 15 is 0 Å². The lowest BCUT2D eigenvalue weighted by Gasteiger charge is -2.07. The highest BCUT2D eigenvalue weighted by Crippen LogP contribution is 2.35. The van der Waals surface area contributed by atoms with Gasteiger partial charge in [-0.15, -0.1) is 0 Å². The Morgan fingerprint density at radius 3 is 2.74 bits per heavy atom. The lowest BCUT2D eigenvalue weighted by atomic mass is 9.98. The number of benzene rings is 1. The zero-order chi connectivity index (χ0) is 13.6. The molecule has 0 spiro atoms. The second kappa shape index (κ2) is 4.38. The average Bonchev–Trinajstić information content (AvgIpc) is 2.96. The number of aromatic nitrogens is 4. The van der Waals surface area contributed by atoms with Gasteiger partial charge in [-0.2, -0.15) is 10.2 Å². The van der Waals surface area contributed by atoms with Gasteiger partial charge in [-0.25, -0.2) is 0 Å². The molecule has 3 rings (SSSR count). The van der Waals surface area contributed by atoms with Crippen molar-refractivity contribution < 1.29 is 0 Å². The number of rotatable bonds is 2. The average molecular weight is 320 g/mol. The first-order valence-corrected chi connectivity index (χ1v) is 6.84. The van der Waals surface area contributed by atoms with E-state index in [4.69, 9.17) is 5.73 Å². The third-order valence-corrected chi connectivity index (χ3v) is 3.63. The lowest BCUT2D eigenvalue weighted by molar-refractivity contribution is 0.812. The number of nitrogens with zero attached hydrogens (tertiary/aromatic N) is 2. The second-order valence-corrected chi connectivity index (χ2v) is 5.74. The van der Waals surface area contributed by atoms with Crippen molar-refractivity contribution in [2.75, 3.05) is 5.73 Å². The van der Waals surface area contributed by atoms with Crippen LogP contribution in [0.1, 0.15) is 25.5 Å². The number of hydrogen-bond acceptors (Lipinski definition) is 3. The van der Waals surface area contributed by atoms with E-state index < -0.39 is 0 Å². The number of hydrogen-bond donors (Lipinski definition) is 3. The van der Waals surface area contributed by atoms with Crippen LogP contribution < -0.4 is 5.73 Å². The fourth-order valence-corrected chi connectivity index (χ4v) is 2.73. The van der Waals surface area contributed by atoms with E-state index in [0.29, 0.717) is 11.7 Å². The summed E-state index contributed by atoms with van der Waals surface area (Å²) < 4.78 is 0.971. The van der Waals surface area contributed by atoms with Gasteiger partial charge in [0.05, 0.1) is 11.2 Å². The molecule has 0 saturated carbocycles. The monoisotopic (exact) mass is 319 g/mol. The Bertz CT molecular complexity index is 741. The molecule has 6 heteroatoms. The topological polar surface area (TPSA) is 83.4 Å². The molecule has 0 bridgehead atoms. The molecule has 19 heavy (non-hydrogen) atoms. The van der Waals surface area contributed by atoms with E-state index in [1.54, 1.807) is 0 Å². The van der Waals surface area contributed by atoms with E-state index in [9.17, 15) is 0 Å². The van der Waals surface area contributed by atoms with Crippen LogP contribution in [-0.4, -0.2) is 20.4 Å². The van der Waals surface area contributed by atoms with Crippen molar-refractivity contribution >= 4 is 32.7 Å². The first-order valence-electron chi connectivity index (χ1n) is 6.05. The van der Waals surface area contributed by atoms with E-state index in [1.807, 2.05) is 12.3 Å². The molecule has 5 nitrogen and oxygen atoms in total. The van der Waals surface area contributed by atoms with Crippen molar-refractivity contribution in [1.29, 1.82) is 0 Å². The summed E-state index contributed by atoms with van der Waals surface area (Å²) in [6.07, 6.45) is 1.91. The summed E-state index contributed by atoms with van der Waals surface area (Å²) in [6.45, 7) is 4.24. The maximum Gasteiger partial charge on any atom is 0.153 e. The Hall–Kier alpha value is -1.82. The van der Waals surface area contributed by atoms with Gasteiger partial charge in [0.2, 0.25) is 0 Å². The minimum absolute atomic E-state index is 0.343. The molecule has 3 aromatic rings. The molecule has 0 aliphatic rings. The number of nitrogen functional groups attached to an aromatic ring is 1. The number of anilines is 1. The van der Waals surface area contributed by atoms with Crippen molar-refractivity contribution in [2.24, 2.45) is 0 Å². The van der Waals surface area contributed by atoms with Crippen LogP contribution in [0.4, 0.5) is 5.82 Å². The standard InChI is InChI=1S/C13H14BrN5/c1-6(2)11-10(5-16-17-11)8-3-7(14)4-9-12(8)18-19-13(9)15/h3-6H,1-2H3,(H,16,17)(H3,15,18,19). The molecule has 0 aliphatic heterocycles. The maximum absolute atomic E-state index is 5.88. The van der Waals surface area contributed by atoms with Gasteiger partial charge in [0.1, 0.15) is 0 Å². The Kier molecular flexibility index (Phi) is 2.82. The van der Waals surface area contributed by atoms with Crippen molar-refractivity contribution in [3.05, 3.63) is 28.5 Å². The molecular formula is C13H14BrN5. The predicted molar refractivity (Wildman–Crippen MR) is 79.9 cm³/mol. The smallest absolute Gasteiger partial charge is 0.153 e. The zero-order valence-corrected chi connectivity index (χ0v) is 12.2. The van der Waals surface area contributed by atoms with Gasteiger partial charge in [0.25, 0.3) is 0 Å². The molecule has 0 atom stereocenters. The predicted octanol–water partition coefficient (Wildman–Crippen LogP) is 3.42. The van der Waals surface area contributed by atoms with Gasteiger partial charge in [0.15, 0.2) is 5.82 Å². The zero-order valence-electron chi connectivity index (χ0n) is 10.7. The van der Waals surface area contributed by atoms with E-state index in [0.717, 1.165) is 32.2 Å². The largest absolute Gasteiger partial charge is 0.382 e. The molecule has 0 saturated heterocycles. The summed E-state index contributed by atoms with van der Waals surface area (Å²) in [5.74, 6) is 0.850. The van der Waals surface area contributed by atoms with E-state index in [-0.39, 0.29) is 0 Å². The summed E-state index contributed by atoms with van der Waals surface area (Å²) in [5.41, 5.74) is 9.97. The van der Waals surface area contributed by atoms with Crippen molar-refractivity contribution in [3.8, 4) is 11.1 Å². The SMILES string of the molecule is CC(C)c1n[nH]cc1-c1cc(Br)cc2c(N)n[nH]c12. The second-order valence-electron chi connectivity index (χ2n) is 4.82. The normalized spacial score (nSPS) is 11.6. The summed E-state index contributed by atoms with van der Waals surface area (Å²) in [4.78, 5) is 0. The minimum atomic E-state index is 0.343. The van der Waals surface area contributed by atoms with Crippen LogP contribution in [0.3, 0.4) is 0 Å².